The van der Waals surface area contributed by atoms with Crippen molar-refractivity contribution in [2.45, 2.75) is 39.7 Å². The molecule has 1 saturated heterocycles. The largest absolute Gasteiger partial charge is 0.505 e. The zero-order valence-electron chi connectivity index (χ0n) is 23.7. The highest BCUT2D eigenvalue weighted by Crippen LogP contribution is 2.34. The van der Waals surface area contributed by atoms with E-state index in [9.17, 15) is 19.5 Å². The molecular formula is C28H33N7O7. The first kappa shape index (κ1) is 27.7. The third kappa shape index (κ3) is 4.85. The van der Waals surface area contributed by atoms with Crippen LogP contribution in [0.1, 0.15) is 47.8 Å². The van der Waals surface area contributed by atoms with Crippen molar-refractivity contribution in [1.29, 1.82) is 0 Å². The lowest BCUT2D eigenvalue weighted by Gasteiger charge is -2.36. The lowest BCUT2D eigenvalue weighted by atomic mass is 10.1. The number of piperazine rings is 1. The van der Waals surface area contributed by atoms with Gasteiger partial charge in [-0.25, -0.2) is 4.98 Å². The molecule has 14 nitrogen and oxygen atoms in total. The highest BCUT2D eigenvalue weighted by molar-refractivity contribution is 5.95. The molecule has 1 N–H and O–H groups in total. The van der Waals surface area contributed by atoms with Gasteiger partial charge in [0.25, 0.3) is 11.5 Å². The highest BCUT2D eigenvalue weighted by atomic mass is 16.5. The van der Waals surface area contributed by atoms with Gasteiger partial charge >= 0.3 is 5.97 Å². The topological polar surface area (TPSA) is 154 Å². The Morgan fingerprint density at radius 1 is 1.12 bits per heavy atom. The number of hydrogen-bond acceptors (Lipinski definition) is 11. The first-order chi connectivity index (χ1) is 20.4. The highest BCUT2D eigenvalue weighted by Gasteiger charge is 2.32. The molecular weight excluding hydrogens is 546 g/mol. The summed E-state index contributed by atoms with van der Waals surface area (Å²) < 4.78 is 19.0. The summed E-state index contributed by atoms with van der Waals surface area (Å²) >= 11 is 0. The number of fused-ring (bicyclic) bond motifs is 2. The predicted octanol–water partition coefficient (Wildman–Crippen LogP) is 0.818. The summed E-state index contributed by atoms with van der Waals surface area (Å²) in [7, 11) is 0. The van der Waals surface area contributed by atoms with Gasteiger partial charge in [0, 0.05) is 38.2 Å². The average Bonchev–Trinajstić information content (AvgIpc) is 3.68. The SMILES string of the molecule is CCOC(=O)Cn1c(CC)c(N2CCN(C(=O)c3ncc4c(c3O)CCO4)CC2)c(=O)n2nc(C3=CCOCC3)nc12. The third-order valence-corrected chi connectivity index (χ3v) is 7.82. The maximum absolute atomic E-state index is 14.0. The summed E-state index contributed by atoms with van der Waals surface area (Å²) in [5.41, 5.74) is 2.18. The Hall–Kier alpha value is -4.46. The van der Waals surface area contributed by atoms with E-state index in [1.807, 2.05) is 17.9 Å². The molecule has 0 spiro atoms. The van der Waals surface area contributed by atoms with Gasteiger partial charge in [0.1, 0.15) is 18.0 Å². The van der Waals surface area contributed by atoms with E-state index in [2.05, 4.69) is 15.1 Å². The smallest absolute Gasteiger partial charge is 0.326 e. The summed E-state index contributed by atoms with van der Waals surface area (Å²) in [6.45, 7) is 6.52. The van der Waals surface area contributed by atoms with Crippen LogP contribution in [0.4, 0.5) is 5.69 Å². The fraction of sp³-hybridized carbons (Fsp3) is 0.500. The summed E-state index contributed by atoms with van der Waals surface area (Å²) in [6.07, 6.45) is 4.97. The summed E-state index contributed by atoms with van der Waals surface area (Å²) in [5, 5.41) is 15.2. The quantitative estimate of drug-likeness (QED) is 0.396. The van der Waals surface area contributed by atoms with Crippen LogP contribution in [0.25, 0.3) is 11.4 Å². The van der Waals surface area contributed by atoms with Crippen LogP contribution < -0.4 is 15.2 Å². The lowest BCUT2D eigenvalue weighted by Crippen LogP contribution is -2.51. The Bertz CT molecular complexity index is 1640. The molecule has 0 radical (unpaired) electrons. The maximum atomic E-state index is 14.0. The molecule has 6 rings (SSSR count). The number of pyridine rings is 1. The number of amides is 1. The Morgan fingerprint density at radius 3 is 2.64 bits per heavy atom. The molecule has 0 unspecified atom stereocenters. The van der Waals surface area contributed by atoms with Gasteiger partial charge < -0.3 is 33.7 Å². The molecule has 222 valence electrons. The summed E-state index contributed by atoms with van der Waals surface area (Å²) in [6, 6.07) is 0. The molecule has 0 atom stereocenters. The van der Waals surface area contributed by atoms with Gasteiger partial charge in [-0.3, -0.25) is 14.4 Å². The Morgan fingerprint density at radius 2 is 1.93 bits per heavy atom. The van der Waals surface area contributed by atoms with Crippen LogP contribution in [0.15, 0.2) is 17.1 Å². The molecule has 0 bridgehead atoms. The average molecular weight is 580 g/mol. The monoisotopic (exact) mass is 579 g/mol. The molecule has 6 heterocycles. The van der Waals surface area contributed by atoms with Gasteiger partial charge in [-0.05, 0) is 25.3 Å². The van der Waals surface area contributed by atoms with E-state index < -0.39 is 5.97 Å². The van der Waals surface area contributed by atoms with Crippen molar-refractivity contribution in [3.8, 4) is 11.5 Å². The lowest BCUT2D eigenvalue weighted by molar-refractivity contribution is -0.143. The molecule has 3 aliphatic heterocycles. The van der Waals surface area contributed by atoms with Crippen LogP contribution in [0.5, 0.6) is 11.5 Å². The molecule has 14 heteroatoms. The number of aromatic hydroxyl groups is 1. The van der Waals surface area contributed by atoms with Crippen LogP contribution in [0.2, 0.25) is 0 Å². The second kappa shape index (κ2) is 11.4. The molecule has 3 aromatic heterocycles. The molecule has 1 fully saturated rings. The van der Waals surface area contributed by atoms with E-state index in [0.717, 1.165) is 5.57 Å². The van der Waals surface area contributed by atoms with E-state index in [0.29, 0.717) is 93.8 Å². The van der Waals surface area contributed by atoms with Crippen molar-refractivity contribution >= 4 is 28.9 Å². The number of rotatable bonds is 7. The van der Waals surface area contributed by atoms with Crippen molar-refractivity contribution in [2.24, 2.45) is 0 Å². The zero-order chi connectivity index (χ0) is 29.4. The van der Waals surface area contributed by atoms with Crippen LogP contribution >= 0.6 is 0 Å². The van der Waals surface area contributed by atoms with Crippen LogP contribution in [-0.4, -0.2) is 98.6 Å². The van der Waals surface area contributed by atoms with Crippen LogP contribution in [0.3, 0.4) is 0 Å². The van der Waals surface area contributed by atoms with Crippen molar-refractivity contribution in [3.05, 3.63) is 45.4 Å². The fourth-order valence-electron chi connectivity index (χ4n) is 5.72. The van der Waals surface area contributed by atoms with E-state index in [4.69, 9.17) is 14.2 Å². The Balaban J connectivity index is 1.33. The van der Waals surface area contributed by atoms with Gasteiger partial charge in [0.2, 0.25) is 5.78 Å². The van der Waals surface area contributed by atoms with Gasteiger partial charge in [0.05, 0.1) is 38.3 Å². The fourth-order valence-corrected chi connectivity index (χ4v) is 5.72. The van der Waals surface area contributed by atoms with E-state index in [1.165, 1.54) is 10.7 Å². The van der Waals surface area contributed by atoms with Crippen molar-refractivity contribution in [1.82, 2.24) is 29.0 Å². The first-order valence-corrected chi connectivity index (χ1v) is 14.2. The third-order valence-electron chi connectivity index (χ3n) is 7.82. The normalized spacial score (nSPS) is 16.8. The molecule has 42 heavy (non-hydrogen) atoms. The van der Waals surface area contributed by atoms with Gasteiger partial charge in [-0.2, -0.15) is 9.50 Å². The molecule has 3 aliphatic rings. The molecule has 0 aliphatic carbocycles. The van der Waals surface area contributed by atoms with E-state index in [-0.39, 0.29) is 41.8 Å². The summed E-state index contributed by atoms with van der Waals surface area (Å²) in [4.78, 5) is 52.3. The minimum atomic E-state index is -0.444. The Kier molecular flexibility index (Phi) is 7.54. The predicted molar refractivity (Wildman–Crippen MR) is 150 cm³/mol. The zero-order valence-corrected chi connectivity index (χ0v) is 23.7. The number of anilines is 1. The van der Waals surface area contributed by atoms with Gasteiger partial charge in [-0.1, -0.05) is 13.0 Å². The van der Waals surface area contributed by atoms with Gasteiger partial charge in [0.15, 0.2) is 17.3 Å². The number of carbonyl (C=O) groups excluding carboxylic acids is 2. The maximum Gasteiger partial charge on any atom is 0.326 e. The number of aromatic nitrogens is 5. The second-order valence-electron chi connectivity index (χ2n) is 10.2. The second-order valence-corrected chi connectivity index (χ2v) is 10.2. The number of hydrogen-bond donors (Lipinski definition) is 1. The number of carbonyl (C=O) groups is 2. The summed E-state index contributed by atoms with van der Waals surface area (Å²) in [5.74, 6) is 0.237. The minimum absolute atomic E-state index is 0.00211. The number of esters is 1. The van der Waals surface area contributed by atoms with Gasteiger partial charge in [-0.15, -0.1) is 5.10 Å². The molecule has 3 aromatic rings. The van der Waals surface area contributed by atoms with Crippen LogP contribution in [0, 0.1) is 0 Å². The standard InChI is InChI=1S/C28H33N7O7/c1-3-19-23(32-8-10-33(11-9-32)26(38)22-24(37)18-7-14-42-20(18)15-29-22)27(39)35-28(34(19)16-21(36)41-4-2)30-25(31-35)17-5-12-40-13-6-17/h5,15,37H,3-4,6-14,16H2,1-2H3. The van der Waals surface area contributed by atoms with E-state index in [1.54, 1.807) is 16.4 Å². The van der Waals surface area contributed by atoms with Crippen molar-refractivity contribution in [3.63, 3.8) is 0 Å². The van der Waals surface area contributed by atoms with Crippen LogP contribution in [-0.2, 0) is 33.7 Å². The minimum Gasteiger partial charge on any atom is -0.505 e. The Labute approximate surface area is 241 Å². The van der Waals surface area contributed by atoms with Crippen molar-refractivity contribution in [2.75, 3.05) is 57.5 Å². The number of nitrogens with zero attached hydrogens (tertiary/aromatic N) is 7. The first-order valence-electron chi connectivity index (χ1n) is 14.2. The molecule has 0 saturated carbocycles. The van der Waals surface area contributed by atoms with Crippen molar-refractivity contribution < 1.29 is 28.9 Å². The van der Waals surface area contributed by atoms with E-state index >= 15 is 0 Å². The number of ether oxygens (including phenoxy) is 3. The molecule has 1 amide bonds. The molecule has 0 aromatic carbocycles.